The fraction of sp³-hybridized carbons (Fsp3) is 0.625. The lowest BCUT2D eigenvalue weighted by Crippen LogP contribution is -2.54. The van der Waals surface area contributed by atoms with Crippen LogP contribution in [0, 0.1) is 5.92 Å². The van der Waals surface area contributed by atoms with E-state index >= 15 is 0 Å². The third-order valence-corrected chi connectivity index (χ3v) is 4.60. The number of hydrogen-bond acceptors (Lipinski definition) is 4. The van der Waals surface area contributed by atoms with E-state index in [2.05, 4.69) is 18.9 Å². The molecule has 0 bridgehead atoms. The average molecular weight is 305 g/mol. The zero-order valence-corrected chi connectivity index (χ0v) is 13.2. The molecule has 0 spiro atoms. The second kappa shape index (κ2) is 6.12. The molecule has 0 saturated carbocycles. The number of furan rings is 1. The molecule has 1 aromatic heterocycles. The highest BCUT2D eigenvalue weighted by Crippen LogP contribution is 2.24. The van der Waals surface area contributed by atoms with E-state index in [9.17, 15) is 9.59 Å². The van der Waals surface area contributed by atoms with Crippen LogP contribution in [0.3, 0.4) is 0 Å². The van der Waals surface area contributed by atoms with Crippen molar-refractivity contribution >= 4 is 11.8 Å². The summed E-state index contributed by atoms with van der Waals surface area (Å²) in [6.45, 7) is 5.56. The molecule has 0 unspecified atom stereocenters. The molecule has 2 fully saturated rings. The van der Waals surface area contributed by atoms with E-state index in [0.29, 0.717) is 19.5 Å². The van der Waals surface area contributed by atoms with Crippen molar-refractivity contribution in [3.63, 3.8) is 0 Å². The van der Waals surface area contributed by atoms with Crippen LogP contribution in [0.4, 0.5) is 0 Å². The molecule has 6 heteroatoms. The Kier molecular flexibility index (Phi) is 4.20. The van der Waals surface area contributed by atoms with Gasteiger partial charge in [-0.05, 0) is 26.1 Å². The van der Waals surface area contributed by atoms with Crippen molar-refractivity contribution in [3.8, 4) is 0 Å². The van der Waals surface area contributed by atoms with Gasteiger partial charge in [-0.1, -0.05) is 0 Å². The molecule has 22 heavy (non-hydrogen) atoms. The largest absolute Gasteiger partial charge is 0.467 e. The fourth-order valence-corrected chi connectivity index (χ4v) is 3.38. The summed E-state index contributed by atoms with van der Waals surface area (Å²) in [4.78, 5) is 30.7. The van der Waals surface area contributed by atoms with Crippen molar-refractivity contribution in [3.05, 3.63) is 24.2 Å². The average Bonchev–Trinajstić information content (AvgIpc) is 3.09. The third-order valence-electron chi connectivity index (χ3n) is 4.60. The molecule has 2 aliphatic heterocycles. The second-order valence-corrected chi connectivity index (χ2v) is 6.40. The highest BCUT2D eigenvalue weighted by atomic mass is 16.3. The quantitative estimate of drug-likeness (QED) is 0.828. The molecule has 0 radical (unpaired) electrons. The number of hydrogen-bond donors (Lipinski definition) is 0. The Balaban J connectivity index is 1.61. The summed E-state index contributed by atoms with van der Waals surface area (Å²) in [5.74, 6) is 0.704. The van der Waals surface area contributed by atoms with Crippen molar-refractivity contribution in [2.24, 2.45) is 5.92 Å². The van der Waals surface area contributed by atoms with E-state index in [1.165, 1.54) is 0 Å². The molecule has 0 aromatic carbocycles. The van der Waals surface area contributed by atoms with Gasteiger partial charge in [0.15, 0.2) is 0 Å². The molecule has 0 aliphatic carbocycles. The minimum absolute atomic E-state index is 0.0385. The number of carbonyl (C=O) groups is 2. The number of likely N-dealkylation sites (N-methyl/N-ethyl adjacent to an activating group) is 1. The summed E-state index contributed by atoms with van der Waals surface area (Å²) >= 11 is 0. The lowest BCUT2D eigenvalue weighted by molar-refractivity contribution is -0.139. The number of likely N-dealkylation sites (tertiary alicyclic amines) is 1. The van der Waals surface area contributed by atoms with Crippen LogP contribution in [0.1, 0.15) is 19.1 Å². The normalized spacial score (nSPS) is 26.7. The molecule has 6 nitrogen and oxygen atoms in total. The minimum Gasteiger partial charge on any atom is -0.467 e. The van der Waals surface area contributed by atoms with Crippen LogP contribution in [0.5, 0.6) is 0 Å². The predicted octanol–water partition coefficient (Wildman–Crippen LogP) is 0.791. The van der Waals surface area contributed by atoms with Gasteiger partial charge in [0.2, 0.25) is 11.8 Å². The zero-order chi connectivity index (χ0) is 15.7. The molecule has 2 amide bonds. The Morgan fingerprint density at radius 2 is 2.18 bits per heavy atom. The van der Waals surface area contributed by atoms with Gasteiger partial charge in [-0.25, -0.2) is 0 Å². The molecular formula is C16H23N3O3. The van der Waals surface area contributed by atoms with Crippen molar-refractivity contribution < 1.29 is 14.0 Å². The topological polar surface area (TPSA) is 57.0 Å². The smallest absolute Gasteiger partial charge is 0.228 e. The van der Waals surface area contributed by atoms with Crippen LogP contribution in [0.2, 0.25) is 0 Å². The van der Waals surface area contributed by atoms with Gasteiger partial charge < -0.3 is 19.1 Å². The third kappa shape index (κ3) is 3.02. The first-order valence-electron chi connectivity index (χ1n) is 7.84. The Labute approximate surface area is 130 Å². The molecule has 2 atom stereocenters. The number of nitrogens with zero attached hydrogens (tertiary/aromatic N) is 3. The van der Waals surface area contributed by atoms with E-state index in [4.69, 9.17) is 4.42 Å². The SMILES string of the molecule is C[C@@H]1CN(C)CCN1C(=O)[C@H]1CC(=O)N(Cc2ccco2)C1. The van der Waals surface area contributed by atoms with Gasteiger partial charge in [-0.2, -0.15) is 0 Å². The van der Waals surface area contributed by atoms with E-state index in [-0.39, 0.29) is 23.8 Å². The number of carbonyl (C=O) groups excluding carboxylic acids is 2. The van der Waals surface area contributed by atoms with Crippen molar-refractivity contribution in [2.75, 3.05) is 33.2 Å². The highest BCUT2D eigenvalue weighted by molar-refractivity contribution is 5.89. The Morgan fingerprint density at radius 1 is 1.36 bits per heavy atom. The van der Waals surface area contributed by atoms with E-state index in [0.717, 1.165) is 25.4 Å². The number of amides is 2. The van der Waals surface area contributed by atoms with Crippen molar-refractivity contribution in [2.45, 2.75) is 25.9 Å². The summed E-state index contributed by atoms with van der Waals surface area (Å²) in [6, 6.07) is 3.87. The summed E-state index contributed by atoms with van der Waals surface area (Å²) in [7, 11) is 2.07. The summed E-state index contributed by atoms with van der Waals surface area (Å²) in [5.41, 5.74) is 0. The zero-order valence-electron chi connectivity index (χ0n) is 13.2. The van der Waals surface area contributed by atoms with Crippen LogP contribution < -0.4 is 0 Å². The van der Waals surface area contributed by atoms with E-state index in [1.807, 2.05) is 17.0 Å². The van der Waals surface area contributed by atoms with Gasteiger partial charge in [-0.3, -0.25) is 9.59 Å². The summed E-state index contributed by atoms with van der Waals surface area (Å²) in [5, 5.41) is 0. The van der Waals surface area contributed by atoms with E-state index in [1.54, 1.807) is 11.2 Å². The van der Waals surface area contributed by atoms with Crippen molar-refractivity contribution in [1.82, 2.24) is 14.7 Å². The first-order chi connectivity index (χ1) is 10.5. The van der Waals surface area contributed by atoms with Gasteiger partial charge in [0.25, 0.3) is 0 Å². The fourth-order valence-electron chi connectivity index (χ4n) is 3.38. The van der Waals surface area contributed by atoms with Crippen LogP contribution in [0.15, 0.2) is 22.8 Å². The maximum absolute atomic E-state index is 12.7. The molecule has 120 valence electrons. The minimum atomic E-state index is -0.215. The first kappa shape index (κ1) is 15.1. The first-order valence-corrected chi connectivity index (χ1v) is 7.84. The number of piperazine rings is 1. The van der Waals surface area contributed by atoms with Crippen LogP contribution in [-0.4, -0.2) is 65.8 Å². The van der Waals surface area contributed by atoms with Crippen molar-refractivity contribution in [1.29, 1.82) is 0 Å². The van der Waals surface area contributed by atoms with Gasteiger partial charge in [-0.15, -0.1) is 0 Å². The molecule has 2 saturated heterocycles. The van der Waals surface area contributed by atoms with Crippen LogP contribution in [0.25, 0.3) is 0 Å². The second-order valence-electron chi connectivity index (χ2n) is 6.40. The van der Waals surface area contributed by atoms with Gasteiger partial charge in [0, 0.05) is 38.6 Å². The van der Waals surface area contributed by atoms with Gasteiger partial charge in [0.1, 0.15) is 5.76 Å². The van der Waals surface area contributed by atoms with Gasteiger partial charge >= 0.3 is 0 Å². The van der Waals surface area contributed by atoms with Crippen LogP contribution in [-0.2, 0) is 16.1 Å². The van der Waals surface area contributed by atoms with Gasteiger partial charge in [0.05, 0.1) is 18.7 Å². The van der Waals surface area contributed by atoms with Crippen LogP contribution >= 0.6 is 0 Å². The predicted molar refractivity (Wildman–Crippen MR) is 80.9 cm³/mol. The maximum Gasteiger partial charge on any atom is 0.228 e. The highest BCUT2D eigenvalue weighted by Gasteiger charge is 2.38. The molecule has 0 N–H and O–H groups in total. The lowest BCUT2D eigenvalue weighted by atomic mass is 10.0. The molecule has 3 rings (SSSR count). The maximum atomic E-state index is 12.7. The molecule has 3 heterocycles. The Bertz CT molecular complexity index is 543. The lowest BCUT2D eigenvalue weighted by Gasteiger charge is -2.39. The Hall–Kier alpha value is -1.82. The monoisotopic (exact) mass is 305 g/mol. The Morgan fingerprint density at radius 3 is 2.86 bits per heavy atom. The summed E-state index contributed by atoms with van der Waals surface area (Å²) < 4.78 is 5.29. The number of rotatable bonds is 3. The standard InChI is InChI=1S/C16H23N3O3/c1-12-9-17(2)5-6-19(12)16(21)13-8-15(20)18(10-13)11-14-4-3-7-22-14/h3-4,7,12-13H,5-6,8-11H2,1-2H3/t12-,13+/m1/s1. The van der Waals surface area contributed by atoms with E-state index < -0.39 is 0 Å². The molecule has 2 aliphatic rings. The molecular weight excluding hydrogens is 282 g/mol. The molecule has 1 aromatic rings. The summed E-state index contributed by atoms with van der Waals surface area (Å²) in [6.07, 6.45) is 1.92.